The second kappa shape index (κ2) is 7.83. The second-order valence-corrected chi connectivity index (χ2v) is 7.52. The largest absolute Gasteiger partial charge is 0.467 e. The van der Waals surface area contributed by atoms with Crippen molar-refractivity contribution in [1.29, 1.82) is 0 Å². The van der Waals surface area contributed by atoms with Crippen molar-refractivity contribution in [2.45, 2.75) is 58.7 Å². The van der Waals surface area contributed by atoms with Gasteiger partial charge in [-0.25, -0.2) is 0 Å². The third kappa shape index (κ3) is 5.37. The summed E-state index contributed by atoms with van der Waals surface area (Å²) in [7, 11) is 0. The fraction of sp³-hybridized carbons (Fsp3) is 0.667. The van der Waals surface area contributed by atoms with Crippen molar-refractivity contribution in [3.63, 3.8) is 0 Å². The van der Waals surface area contributed by atoms with E-state index in [0.29, 0.717) is 6.54 Å². The van der Waals surface area contributed by atoms with Crippen LogP contribution in [0.2, 0.25) is 0 Å². The summed E-state index contributed by atoms with van der Waals surface area (Å²) in [5.41, 5.74) is -0.227. The van der Waals surface area contributed by atoms with Gasteiger partial charge in [0, 0.05) is 11.5 Å². The van der Waals surface area contributed by atoms with E-state index in [2.05, 4.69) is 15.5 Å². The van der Waals surface area contributed by atoms with Gasteiger partial charge in [-0.05, 0) is 65.8 Å². The van der Waals surface area contributed by atoms with Gasteiger partial charge in [0.05, 0.1) is 18.8 Å². The molecule has 1 atom stereocenters. The van der Waals surface area contributed by atoms with Gasteiger partial charge < -0.3 is 15.1 Å². The number of nitrogens with zero attached hydrogens (tertiary/aromatic N) is 1. The molecule has 1 aliphatic heterocycles. The first-order valence-corrected chi connectivity index (χ1v) is 8.62. The molecule has 1 aliphatic rings. The van der Waals surface area contributed by atoms with Crippen LogP contribution in [0.25, 0.3) is 0 Å². The SMILES string of the molecule is CC(C(=O)NC(C)(C)C)N1CCC(C(=O)NCc2ccco2)CC1. The predicted octanol–water partition coefficient (Wildman–Crippen LogP) is 1.91. The van der Waals surface area contributed by atoms with Gasteiger partial charge in [0.15, 0.2) is 0 Å². The maximum atomic E-state index is 12.3. The Morgan fingerprint density at radius 1 is 1.33 bits per heavy atom. The van der Waals surface area contributed by atoms with Crippen LogP contribution in [0.3, 0.4) is 0 Å². The molecule has 134 valence electrons. The molecule has 1 aromatic heterocycles. The number of hydrogen-bond acceptors (Lipinski definition) is 4. The molecule has 1 saturated heterocycles. The van der Waals surface area contributed by atoms with Crippen LogP contribution in [0.1, 0.15) is 46.3 Å². The zero-order valence-corrected chi connectivity index (χ0v) is 15.1. The first-order valence-electron chi connectivity index (χ1n) is 8.62. The standard InChI is InChI=1S/C18H29N3O3/c1-13(16(22)20-18(2,3)4)21-9-7-14(8-10-21)17(23)19-12-15-6-5-11-24-15/h5-6,11,13-14H,7-10,12H2,1-4H3,(H,19,23)(H,20,22). The molecule has 1 fully saturated rings. The Balaban J connectivity index is 1.76. The Hall–Kier alpha value is -1.82. The molecule has 6 nitrogen and oxygen atoms in total. The van der Waals surface area contributed by atoms with Gasteiger partial charge in [0.2, 0.25) is 11.8 Å². The van der Waals surface area contributed by atoms with Crippen LogP contribution in [-0.2, 0) is 16.1 Å². The van der Waals surface area contributed by atoms with Crippen molar-refractivity contribution >= 4 is 11.8 Å². The number of carbonyl (C=O) groups excluding carboxylic acids is 2. The Kier molecular flexibility index (Phi) is 6.04. The maximum absolute atomic E-state index is 12.3. The normalized spacial score (nSPS) is 18.2. The van der Waals surface area contributed by atoms with Crippen molar-refractivity contribution < 1.29 is 14.0 Å². The van der Waals surface area contributed by atoms with Gasteiger partial charge in [0.25, 0.3) is 0 Å². The molecule has 2 amide bonds. The number of hydrogen-bond donors (Lipinski definition) is 2. The fourth-order valence-corrected chi connectivity index (χ4v) is 2.92. The first kappa shape index (κ1) is 18.5. The topological polar surface area (TPSA) is 74.6 Å². The fourth-order valence-electron chi connectivity index (χ4n) is 2.92. The number of rotatable bonds is 5. The molecule has 1 aromatic rings. The van der Waals surface area contributed by atoms with Crippen molar-refractivity contribution in [2.24, 2.45) is 5.92 Å². The van der Waals surface area contributed by atoms with Gasteiger partial charge >= 0.3 is 0 Å². The highest BCUT2D eigenvalue weighted by atomic mass is 16.3. The number of amides is 2. The Morgan fingerprint density at radius 2 is 2.00 bits per heavy atom. The van der Waals surface area contributed by atoms with E-state index in [4.69, 9.17) is 4.42 Å². The lowest BCUT2D eigenvalue weighted by molar-refractivity contribution is -0.129. The predicted molar refractivity (Wildman–Crippen MR) is 92.2 cm³/mol. The Bertz CT molecular complexity index is 540. The van der Waals surface area contributed by atoms with Crippen LogP contribution >= 0.6 is 0 Å². The summed E-state index contributed by atoms with van der Waals surface area (Å²) < 4.78 is 5.22. The molecule has 0 aliphatic carbocycles. The zero-order chi connectivity index (χ0) is 17.7. The molecule has 0 saturated carbocycles. The average Bonchev–Trinajstić information content (AvgIpc) is 3.04. The Morgan fingerprint density at radius 3 is 2.54 bits per heavy atom. The highest BCUT2D eigenvalue weighted by Gasteiger charge is 2.30. The number of nitrogens with one attached hydrogen (secondary N) is 2. The van der Waals surface area contributed by atoms with Crippen LogP contribution in [0.15, 0.2) is 22.8 Å². The van der Waals surface area contributed by atoms with Gasteiger partial charge in [-0.15, -0.1) is 0 Å². The van der Waals surface area contributed by atoms with E-state index >= 15 is 0 Å². The molecule has 0 spiro atoms. The van der Waals surface area contributed by atoms with E-state index in [0.717, 1.165) is 31.7 Å². The van der Waals surface area contributed by atoms with E-state index in [1.165, 1.54) is 0 Å². The van der Waals surface area contributed by atoms with Gasteiger partial charge in [-0.2, -0.15) is 0 Å². The molecule has 24 heavy (non-hydrogen) atoms. The van der Waals surface area contributed by atoms with Gasteiger partial charge in [-0.3, -0.25) is 14.5 Å². The summed E-state index contributed by atoms with van der Waals surface area (Å²) in [5.74, 6) is 0.878. The van der Waals surface area contributed by atoms with Gasteiger partial charge in [-0.1, -0.05) is 0 Å². The summed E-state index contributed by atoms with van der Waals surface area (Å²) >= 11 is 0. The maximum Gasteiger partial charge on any atom is 0.237 e. The minimum absolute atomic E-state index is 0.00842. The van der Waals surface area contributed by atoms with Crippen molar-refractivity contribution in [3.8, 4) is 0 Å². The smallest absolute Gasteiger partial charge is 0.237 e. The summed E-state index contributed by atoms with van der Waals surface area (Å²) in [6.45, 7) is 9.82. The van der Waals surface area contributed by atoms with Gasteiger partial charge in [0.1, 0.15) is 5.76 Å². The zero-order valence-electron chi connectivity index (χ0n) is 15.1. The lowest BCUT2D eigenvalue weighted by atomic mass is 9.94. The highest BCUT2D eigenvalue weighted by Crippen LogP contribution is 2.20. The molecule has 2 heterocycles. The highest BCUT2D eigenvalue weighted by molar-refractivity contribution is 5.82. The van der Waals surface area contributed by atoms with Crippen LogP contribution in [0.4, 0.5) is 0 Å². The number of furan rings is 1. The lowest BCUT2D eigenvalue weighted by Crippen LogP contribution is -2.53. The molecule has 2 rings (SSSR count). The molecular formula is C18H29N3O3. The van der Waals surface area contributed by atoms with E-state index in [9.17, 15) is 9.59 Å². The molecular weight excluding hydrogens is 306 g/mol. The van der Waals surface area contributed by atoms with Crippen LogP contribution in [-0.4, -0.2) is 41.4 Å². The van der Waals surface area contributed by atoms with Crippen LogP contribution in [0.5, 0.6) is 0 Å². The minimum atomic E-state index is -0.227. The van der Waals surface area contributed by atoms with Crippen LogP contribution in [0, 0.1) is 5.92 Å². The van der Waals surface area contributed by atoms with Crippen molar-refractivity contribution in [3.05, 3.63) is 24.2 Å². The Labute approximate surface area is 144 Å². The summed E-state index contributed by atoms with van der Waals surface area (Å²) in [4.78, 5) is 26.7. The minimum Gasteiger partial charge on any atom is -0.467 e. The average molecular weight is 335 g/mol. The molecule has 2 N–H and O–H groups in total. The monoisotopic (exact) mass is 335 g/mol. The number of likely N-dealkylation sites (tertiary alicyclic amines) is 1. The summed E-state index contributed by atoms with van der Waals surface area (Å²) in [6.07, 6.45) is 3.15. The third-order valence-electron chi connectivity index (χ3n) is 4.34. The van der Waals surface area contributed by atoms with Crippen molar-refractivity contribution in [1.82, 2.24) is 15.5 Å². The second-order valence-electron chi connectivity index (χ2n) is 7.52. The molecule has 0 aromatic carbocycles. The van der Waals surface area contributed by atoms with E-state index in [1.807, 2.05) is 39.8 Å². The quantitative estimate of drug-likeness (QED) is 0.862. The summed E-state index contributed by atoms with van der Waals surface area (Å²) in [5, 5.41) is 5.94. The van der Waals surface area contributed by atoms with Crippen molar-refractivity contribution in [2.75, 3.05) is 13.1 Å². The third-order valence-corrected chi connectivity index (χ3v) is 4.34. The first-order chi connectivity index (χ1) is 11.3. The van der Waals surface area contributed by atoms with Crippen LogP contribution < -0.4 is 10.6 Å². The van der Waals surface area contributed by atoms with E-state index in [1.54, 1.807) is 6.26 Å². The molecule has 6 heteroatoms. The van der Waals surface area contributed by atoms with E-state index in [-0.39, 0.29) is 29.3 Å². The molecule has 0 radical (unpaired) electrons. The molecule has 0 bridgehead atoms. The summed E-state index contributed by atoms with van der Waals surface area (Å²) in [6, 6.07) is 3.49. The molecule has 1 unspecified atom stereocenters. The lowest BCUT2D eigenvalue weighted by Gasteiger charge is -2.36. The number of piperidine rings is 1. The van der Waals surface area contributed by atoms with E-state index < -0.39 is 0 Å². The number of carbonyl (C=O) groups is 2.